The summed E-state index contributed by atoms with van der Waals surface area (Å²) in [6, 6.07) is 10.9. The molecule has 6 nitrogen and oxygen atoms in total. The van der Waals surface area contributed by atoms with Crippen molar-refractivity contribution in [2.75, 3.05) is 23.4 Å². The lowest BCUT2D eigenvalue weighted by Gasteiger charge is -2.19. The van der Waals surface area contributed by atoms with Gasteiger partial charge in [0.15, 0.2) is 6.61 Å². The minimum absolute atomic E-state index is 0.0408. The SMILES string of the molecule is CCc1cc(Br)ccc1NC(=O)COC(=O)[C@H]1CC(=O)N(c2cccc(Cl)c2C)C1. The van der Waals surface area contributed by atoms with Gasteiger partial charge in [0, 0.05) is 33.8 Å². The van der Waals surface area contributed by atoms with E-state index in [-0.39, 0.29) is 18.9 Å². The highest BCUT2D eigenvalue weighted by Crippen LogP contribution is 2.31. The summed E-state index contributed by atoms with van der Waals surface area (Å²) in [5.74, 6) is -1.78. The minimum atomic E-state index is -0.623. The van der Waals surface area contributed by atoms with Crippen LogP contribution in [0.25, 0.3) is 0 Å². The van der Waals surface area contributed by atoms with Gasteiger partial charge in [0.1, 0.15) is 0 Å². The predicted octanol–water partition coefficient (Wildman–Crippen LogP) is 4.51. The van der Waals surface area contributed by atoms with Crippen molar-refractivity contribution in [3.8, 4) is 0 Å². The molecule has 1 fully saturated rings. The van der Waals surface area contributed by atoms with Crippen molar-refractivity contribution in [3.63, 3.8) is 0 Å². The van der Waals surface area contributed by atoms with Crippen LogP contribution >= 0.6 is 27.5 Å². The van der Waals surface area contributed by atoms with Gasteiger partial charge in [-0.3, -0.25) is 14.4 Å². The summed E-state index contributed by atoms with van der Waals surface area (Å²) < 4.78 is 6.10. The molecule has 0 aromatic heterocycles. The van der Waals surface area contributed by atoms with Crippen LogP contribution in [0.1, 0.15) is 24.5 Å². The van der Waals surface area contributed by atoms with E-state index in [0.717, 1.165) is 22.0 Å². The van der Waals surface area contributed by atoms with Gasteiger partial charge in [0.2, 0.25) is 5.91 Å². The zero-order valence-electron chi connectivity index (χ0n) is 16.7. The van der Waals surface area contributed by atoms with Gasteiger partial charge >= 0.3 is 5.97 Å². The van der Waals surface area contributed by atoms with Gasteiger partial charge < -0.3 is 15.0 Å². The first kappa shape index (κ1) is 22.3. The van der Waals surface area contributed by atoms with Crippen molar-refractivity contribution >= 4 is 56.7 Å². The van der Waals surface area contributed by atoms with Gasteiger partial charge in [-0.2, -0.15) is 0 Å². The first-order valence-electron chi connectivity index (χ1n) is 9.60. The Morgan fingerprint density at radius 1 is 1.30 bits per heavy atom. The largest absolute Gasteiger partial charge is 0.455 e. The molecule has 2 amide bonds. The molecule has 0 bridgehead atoms. The predicted molar refractivity (Wildman–Crippen MR) is 120 cm³/mol. The molecule has 2 aromatic rings. The Balaban J connectivity index is 1.57. The second kappa shape index (κ2) is 9.62. The highest BCUT2D eigenvalue weighted by Gasteiger charge is 2.37. The number of ether oxygens (including phenoxy) is 1. The number of carbonyl (C=O) groups is 3. The van der Waals surface area contributed by atoms with Crippen LogP contribution in [0.3, 0.4) is 0 Å². The summed E-state index contributed by atoms with van der Waals surface area (Å²) >= 11 is 9.55. The molecule has 1 atom stereocenters. The first-order chi connectivity index (χ1) is 14.3. The van der Waals surface area contributed by atoms with E-state index in [0.29, 0.717) is 16.4 Å². The zero-order chi connectivity index (χ0) is 21.8. The summed E-state index contributed by atoms with van der Waals surface area (Å²) in [4.78, 5) is 38.6. The van der Waals surface area contributed by atoms with Crippen LogP contribution in [0.5, 0.6) is 0 Å². The van der Waals surface area contributed by atoms with Crippen LogP contribution in [0.2, 0.25) is 5.02 Å². The van der Waals surface area contributed by atoms with E-state index in [1.807, 2.05) is 26.0 Å². The Kier molecular flexibility index (Phi) is 7.15. The molecule has 3 rings (SSSR count). The number of nitrogens with zero attached hydrogens (tertiary/aromatic N) is 1. The monoisotopic (exact) mass is 492 g/mol. The average molecular weight is 494 g/mol. The van der Waals surface area contributed by atoms with E-state index in [1.54, 1.807) is 29.2 Å². The number of anilines is 2. The fraction of sp³-hybridized carbons (Fsp3) is 0.318. The lowest BCUT2D eigenvalue weighted by atomic mass is 10.1. The Hall–Kier alpha value is -2.38. The fourth-order valence-corrected chi connectivity index (χ4v) is 3.98. The number of rotatable bonds is 6. The van der Waals surface area contributed by atoms with E-state index >= 15 is 0 Å². The van der Waals surface area contributed by atoms with E-state index in [1.165, 1.54) is 0 Å². The van der Waals surface area contributed by atoms with Crippen molar-refractivity contribution in [2.45, 2.75) is 26.7 Å². The van der Waals surface area contributed by atoms with Gasteiger partial charge in [-0.25, -0.2) is 0 Å². The first-order valence-corrected chi connectivity index (χ1v) is 10.8. The number of benzene rings is 2. The molecule has 8 heteroatoms. The average Bonchev–Trinajstić information content (AvgIpc) is 3.11. The van der Waals surface area contributed by atoms with E-state index in [9.17, 15) is 14.4 Å². The molecule has 1 saturated heterocycles. The molecule has 0 aliphatic carbocycles. The number of amides is 2. The number of nitrogens with one attached hydrogen (secondary N) is 1. The molecular formula is C22H22BrClN2O4. The topological polar surface area (TPSA) is 75.7 Å². The summed E-state index contributed by atoms with van der Waals surface area (Å²) in [7, 11) is 0. The third-order valence-corrected chi connectivity index (χ3v) is 5.96. The number of hydrogen-bond donors (Lipinski definition) is 1. The smallest absolute Gasteiger partial charge is 0.311 e. The highest BCUT2D eigenvalue weighted by molar-refractivity contribution is 9.10. The number of halogens is 2. The van der Waals surface area contributed by atoms with Crippen LogP contribution in [0.15, 0.2) is 40.9 Å². The van der Waals surface area contributed by atoms with E-state index in [4.69, 9.17) is 16.3 Å². The third kappa shape index (κ3) is 5.02. The van der Waals surface area contributed by atoms with Gasteiger partial charge in [0.05, 0.1) is 5.92 Å². The molecule has 1 N–H and O–H groups in total. The van der Waals surface area contributed by atoms with Crippen molar-refractivity contribution < 1.29 is 19.1 Å². The standard InChI is InChI=1S/C22H22BrClN2O4/c1-3-14-9-16(23)7-8-18(14)25-20(27)12-30-22(29)15-10-21(28)26(11-15)19-6-4-5-17(24)13(19)2/h4-9,15H,3,10-12H2,1-2H3,(H,25,27)/t15-/m0/s1. The second-order valence-corrected chi connectivity index (χ2v) is 8.42. The molecule has 1 aliphatic rings. The second-order valence-electron chi connectivity index (χ2n) is 7.10. The number of esters is 1. The van der Waals surface area contributed by atoms with Crippen LogP contribution in [-0.4, -0.2) is 30.9 Å². The van der Waals surface area contributed by atoms with E-state index in [2.05, 4.69) is 21.2 Å². The molecule has 158 valence electrons. The summed E-state index contributed by atoms with van der Waals surface area (Å²) in [5, 5.41) is 3.32. The zero-order valence-corrected chi connectivity index (χ0v) is 19.0. The lowest BCUT2D eigenvalue weighted by Crippen LogP contribution is -2.28. The number of carbonyl (C=O) groups excluding carboxylic acids is 3. The summed E-state index contributed by atoms with van der Waals surface area (Å²) in [6.07, 6.45) is 0.789. The lowest BCUT2D eigenvalue weighted by molar-refractivity contribution is -0.151. The van der Waals surface area contributed by atoms with Crippen molar-refractivity contribution in [1.82, 2.24) is 0 Å². The van der Waals surface area contributed by atoms with Crippen molar-refractivity contribution in [2.24, 2.45) is 5.92 Å². The molecular weight excluding hydrogens is 472 g/mol. The fourth-order valence-electron chi connectivity index (χ4n) is 3.40. The maximum Gasteiger partial charge on any atom is 0.311 e. The number of aryl methyl sites for hydroxylation is 1. The quantitative estimate of drug-likeness (QED) is 0.601. The van der Waals surface area contributed by atoms with Gasteiger partial charge in [-0.1, -0.05) is 40.5 Å². The van der Waals surface area contributed by atoms with Crippen LogP contribution in [0, 0.1) is 12.8 Å². The molecule has 0 radical (unpaired) electrons. The van der Waals surface area contributed by atoms with Crippen LogP contribution in [-0.2, 0) is 25.5 Å². The number of hydrogen-bond acceptors (Lipinski definition) is 4. The molecule has 1 aliphatic heterocycles. The van der Waals surface area contributed by atoms with Crippen LogP contribution in [0.4, 0.5) is 11.4 Å². The molecule has 0 saturated carbocycles. The molecule has 30 heavy (non-hydrogen) atoms. The van der Waals surface area contributed by atoms with Gasteiger partial charge in [-0.15, -0.1) is 0 Å². The van der Waals surface area contributed by atoms with E-state index < -0.39 is 24.4 Å². The highest BCUT2D eigenvalue weighted by atomic mass is 79.9. The molecule has 1 heterocycles. The van der Waals surface area contributed by atoms with Crippen LogP contribution < -0.4 is 10.2 Å². The molecule has 0 spiro atoms. The molecule has 0 unspecified atom stereocenters. The third-order valence-electron chi connectivity index (χ3n) is 5.06. The summed E-state index contributed by atoms with van der Waals surface area (Å²) in [6.45, 7) is 3.61. The Bertz CT molecular complexity index is 995. The maximum absolute atomic E-state index is 12.4. The minimum Gasteiger partial charge on any atom is -0.455 e. The summed E-state index contributed by atoms with van der Waals surface area (Å²) in [5.41, 5.74) is 3.11. The van der Waals surface area contributed by atoms with Crippen molar-refractivity contribution in [1.29, 1.82) is 0 Å². The Labute approximate surface area is 188 Å². The van der Waals surface area contributed by atoms with Gasteiger partial charge in [0.25, 0.3) is 5.91 Å². The van der Waals surface area contributed by atoms with Crippen molar-refractivity contribution in [3.05, 3.63) is 57.0 Å². The maximum atomic E-state index is 12.4. The Morgan fingerprint density at radius 3 is 2.80 bits per heavy atom. The van der Waals surface area contributed by atoms with Gasteiger partial charge in [-0.05, 0) is 54.8 Å². The normalized spacial score (nSPS) is 15.9. The molecule has 2 aromatic carbocycles. The Morgan fingerprint density at radius 2 is 2.07 bits per heavy atom.